The number of carboxylic acids is 1. The zero-order chi connectivity index (χ0) is 85.9. The molecule has 12 aromatic rings. The molecule has 0 spiro atoms. The minimum Gasteiger partial charge on any atom is -0.482 e. The highest BCUT2D eigenvalue weighted by Gasteiger charge is 2.34. The first-order chi connectivity index (χ1) is 58.7. The van der Waals surface area contributed by atoms with E-state index in [9.17, 15) is 57.8 Å². The summed E-state index contributed by atoms with van der Waals surface area (Å²) in [6, 6.07) is 36.5. The van der Waals surface area contributed by atoms with Crippen molar-refractivity contribution in [1.29, 1.82) is 5.26 Å². The monoisotopic (exact) mass is 1640 g/mol. The van der Waals surface area contributed by atoms with E-state index in [1.807, 2.05) is 38.1 Å². The van der Waals surface area contributed by atoms with Crippen LogP contribution in [-0.2, 0) is 48.5 Å². The SMILES string of the molecule is CC(=O)c1ccc2c(c1C)CC[C@@H]2NC(=O)c1cc(C(=O)NCc2ccc3c(c2)NC(=O)CO3)nc2ccnn12.CC(=O)c1ccc2c(c1C)CC[C@@H]2NC(=O)c1cc(C(=O)NCc2cccc(N=C(N)NC#N)c2)nc2ccnn12.Cc1c(C(=O)O)ccc2c1CC[C@@H]2NC(=O)c1cc(C(=O)NCc2ccc3c(c2)NC(=O)C(C)O3)nc2ccnn12. The van der Waals surface area contributed by atoms with Gasteiger partial charge in [0.15, 0.2) is 47.4 Å². The molecule has 6 aromatic carbocycles. The van der Waals surface area contributed by atoms with Crippen LogP contribution < -0.4 is 63.1 Å². The van der Waals surface area contributed by atoms with E-state index in [1.54, 1.807) is 125 Å². The number of nitriles is 1. The van der Waals surface area contributed by atoms with Crippen LogP contribution in [0.25, 0.3) is 16.9 Å². The summed E-state index contributed by atoms with van der Waals surface area (Å²) in [7, 11) is 0. The van der Waals surface area contributed by atoms with Gasteiger partial charge in [-0.05, 0) is 189 Å². The minimum absolute atomic E-state index is 0.0141. The molecule has 616 valence electrons. The number of aromatic nitrogens is 9. The maximum atomic E-state index is 13.5. The van der Waals surface area contributed by atoms with Gasteiger partial charge in [-0.15, -0.1) is 0 Å². The van der Waals surface area contributed by atoms with E-state index in [2.05, 4.69) is 83.1 Å². The Morgan fingerprint density at radius 3 is 1.36 bits per heavy atom. The van der Waals surface area contributed by atoms with Crippen molar-refractivity contribution in [3.05, 3.63) is 270 Å². The van der Waals surface area contributed by atoms with Gasteiger partial charge in [0.05, 0.1) is 59.3 Å². The number of nitrogens with zero attached hydrogens (tertiary/aromatic N) is 11. The number of ether oxygens (including phenoxy) is 2. The zero-order valence-electron chi connectivity index (χ0n) is 66.6. The van der Waals surface area contributed by atoms with Gasteiger partial charge in [-0.3, -0.25) is 53.3 Å². The molecule has 0 fully saturated rings. The van der Waals surface area contributed by atoms with Crippen molar-refractivity contribution in [2.45, 2.75) is 124 Å². The van der Waals surface area contributed by atoms with Crippen LogP contribution in [0.1, 0.15) is 219 Å². The Morgan fingerprint density at radius 1 is 0.525 bits per heavy atom. The quantitative estimate of drug-likeness (QED) is 0.0119. The Bertz CT molecular complexity index is 6480. The van der Waals surface area contributed by atoms with Gasteiger partial charge in [0.1, 0.15) is 45.7 Å². The van der Waals surface area contributed by atoms with Gasteiger partial charge < -0.3 is 62.8 Å². The Balaban J connectivity index is 0.000000142. The van der Waals surface area contributed by atoms with E-state index < -0.39 is 41.6 Å². The van der Waals surface area contributed by atoms with Gasteiger partial charge in [0, 0.05) is 67.2 Å². The number of guanidine groups is 1. The van der Waals surface area contributed by atoms with Crippen LogP contribution in [0.2, 0.25) is 0 Å². The van der Waals surface area contributed by atoms with Gasteiger partial charge in [0.25, 0.3) is 47.3 Å². The van der Waals surface area contributed by atoms with Crippen molar-refractivity contribution in [2.75, 3.05) is 17.2 Å². The Hall–Kier alpha value is -15.9. The number of carbonyl (C=O) groups is 11. The molecule has 4 atom stereocenters. The number of carbonyl (C=O) groups excluding carboxylic acids is 10. The lowest BCUT2D eigenvalue weighted by molar-refractivity contribution is -0.122. The highest BCUT2D eigenvalue weighted by atomic mass is 16.5. The number of hydrogen-bond acceptors (Lipinski definition) is 21. The molecule has 5 aliphatic rings. The first kappa shape index (κ1) is 81.3. The summed E-state index contributed by atoms with van der Waals surface area (Å²) in [6.45, 7) is 10.9. The lowest BCUT2D eigenvalue weighted by Crippen LogP contribution is -2.34. The zero-order valence-corrected chi connectivity index (χ0v) is 66.6. The van der Waals surface area contributed by atoms with Gasteiger partial charge in [-0.2, -0.15) is 20.6 Å². The summed E-state index contributed by atoms with van der Waals surface area (Å²) in [5.41, 5.74) is 21.4. The van der Waals surface area contributed by atoms with E-state index in [0.29, 0.717) is 87.9 Å². The summed E-state index contributed by atoms with van der Waals surface area (Å²) >= 11 is 0. The number of hydrogen-bond donors (Lipinski definition) is 11. The lowest BCUT2D eigenvalue weighted by Gasteiger charge is -2.23. The van der Waals surface area contributed by atoms with Crippen LogP contribution in [0, 0.1) is 32.2 Å². The number of amides is 8. The third kappa shape index (κ3) is 17.0. The lowest BCUT2D eigenvalue weighted by atomic mass is 9.96. The predicted octanol–water partition coefficient (Wildman–Crippen LogP) is 8.33. The third-order valence-electron chi connectivity index (χ3n) is 21.8. The number of fused-ring (bicyclic) bond motifs is 8. The Kier molecular flexibility index (Phi) is 22.9. The predicted molar refractivity (Wildman–Crippen MR) is 441 cm³/mol. The smallest absolute Gasteiger partial charge is 0.335 e. The van der Waals surface area contributed by atoms with E-state index >= 15 is 0 Å². The molecule has 0 saturated heterocycles. The molecule has 0 radical (unpaired) electrons. The van der Waals surface area contributed by atoms with Crippen molar-refractivity contribution in [3.63, 3.8) is 0 Å². The van der Waals surface area contributed by atoms with Crippen molar-refractivity contribution in [3.8, 4) is 17.7 Å². The molecule has 122 heavy (non-hydrogen) atoms. The molecule has 12 N–H and O–H groups in total. The van der Waals surface area contributed by atoms with Crippen LogP contribution in [0.15, 0.2) is 157 Å². The molecule has 35 heteroatoms. The number of benzene rings is 6. The summed E-state index contributed by atoms with van der Waals surface area (Å²) in [6.07, 6.45) is 9.82. The van der Waals surface area contributed by atoms with Crippen molar-refractivity contribution >= 4 is 105 Å². The standard InChI is InChI=1S/C29H27N9O3.C29H26N6O6.C29H26N6O5/c1-16-20(17(2)39)6-7-22-21(16)8-9-23(22)37-28(41)25-13-24(36-26-10-11-34-38(25)26)27(40)32-14-18-4-3-5-19(12-18)35-29(31)33-15-30;1-14-17-6-7-20(19(17)5-4-18(14)29(39)40)33-28(38)23-12-22(32-25-9-10-31-35(23)25)27(37)30-13-16-3-8-24-21(11-16)34-26(36)15(2)41-24;1-15-18(16(2)36)4-5-20-19(15)6-7-21(20)34-29(39)24-12-23(32-26-9-10-31-35(24)26)28(38)30-13-17-3-8-25-22(11-17)33-27(37)14-40-25/h3-7,10-13,23H,8-9,14H2,1-2H3,(H,32,40)(H,37,41)(H3,31,33,35);3-5,8-12,15,20H,6-7,13H2,1-2H3,(H,30,37)(H,33,38)(H,34,36)(H,39,40);3-5,8-12,21H,6-7,13-14H2,1-2H3,(H,30,38)(H,33,37)(H,34,39)/t23-;15?,20-;21-/m000/s1. The number of aromatic carboxylic acids is 1. The number of anilines is 2. The normalized spacial score (nSPS) is 15.7. The minimum atomic E-state index is -0.983. The number of carboxylic acid groups (broad SMARTS) is 1. The second kappa shape index (κ2) is 34.4. The molecule has 8 amide bonds. The van der Waals surface area contributed by atoms with Crippen LogP contribution >= 0.6 is 0 Å². The number of Topliss-reactive ketones (excluding diaryl/α,β-unsaturated/α-hetero) is 2. The molecule has 8 heterocycles. The van der Waals surface area contributed by atoms with E-state index in [0.717, 1.165) is 74.0 Å². The van der Waals surface area contributed by atoms with Crippen molar-refractivity contribution in [1.82, 2.24) is 81.0 Å². The topological polar surface area (TPSA) is 487 Å². The third-order valence-corrected chi connectivity index (χ3v) is 21.8. The second-order valence-electron chi connectivity index (χ2n) is 29.6. The Morgan fingerprint density at radius 2 is 0.934 bits per heavy atom. The summed E-state index contributed by atoms with van der Waals surface area (Å²) in [5, 5.41) is 56.1. The van der Waals surface area contributed by atoms with Gasteiger partial charge in [0.2, 0.25) is 5.96 Å². The summed E-state index contributed by atoms with van der Waals surface area (Å²) in [4.78, 5) is 156. The van der Waals surface area contributed by atoms with E-state index in [-0.39, 0.29) is 119 Å². The summed E-state index contributed by atoms with van der Waals surface area (Å²) in [5.74, 6) is -3.01. The molecule has 0 bridgehead atoms. The second-order valence-corrected chi connectivity index (χ2v) is 29.6. The molecular weight excluding hydrogens is 1560 g/mol. The number of nitrogens with two attached hydrogens (primary N) is 1. The molecule has 3 aliphatic carbocycles. The highest BCUT2D eigenvalue weighted by molar-refractivity contribution is 6.03. The van der Waals surface area contributed by atoms with Crippen LogP contribution in [0.3, 0.4) is 0 Å². The van der Waals surface area contributed by atoms with Gasteiger partial charge in [-0.1, -0.05) is 54.6 Å². The molecule has 0 saturated carbocycles. The van der Waals surface area contributed by atoms with E-state index in [1.165, 1.54) is 50.3 Å². The molecule has 1 unspecified atom stereocenters. The van der Waals surface area contributed by atoms with Crippen LogP contribution in [0.5, 0.6) is 11.5 Å². The van der Waals surface area contributed by atoms with Crippen molar-refractivity contribution in [2.24, 2.45) is 10.7 Å². The first-order valence-corrected chi connectivity index (χ1v) is 38.9. The van der Waals surface area contributed by atoms with Gasteiger partial charge >= 0.3 is 5.97 Å². The van der Waals surface area contributed by atoms with Crippen LogP contribution in [0.4, 0.5) is 17.1 Å². The molecule has 17 rings (SSSR count). The average molecular weight is 1640 g/mol. The fourth-order valence-corrected chi connectivity index (χ4v) is 15.7. The van der Waals surface area contributed by atoms with Crippen LogP contribution in [-0.4, -0.2) is 132 Å². The maximum absolute atomic E-state index is 13.5. The molecular formula is C87H79N21O14. The molecule has 6 aromatic heterocycles. The number of nitrogens with one attached hydrogen (secondary N) is 9. The largest absolute Gasteiger partial charge is 0.482 e. The van der Waals surface area contributed by atoms with E-state index in [4.69, 9.17) is 20.5 Å². The highest BCUT2D eigenvalue weighted by Crippen LogP contribution is 2.39. The first-order valence-electron chi connectivity index (χ1n) is 38.9. The molecule has 35 nitrogen and oxygen atoms in total. The number of ketones is 2. The van der Waals surface area contributed by atoms with Gasteiger partial charge in [-0.25, -0.2) is 38.3 Å². The Labute approximate surface area is 694 Å². The molecule has 2 aliphatic heterocycles. The number of rotatable bonds is 19. The summed E-state index contributed by atoms with van der Waals surface area (Å²) < 4.78 is 15.1. The van der Waals surface area contributed by atoms with Crippen molar-refractivity contribution < 1.29 is 67.3 Å². The fourth-order valence-electron chi connectivity index (χ4n) is 15.7. The number of aliphatic imine (C=N–C) groups is 1. The average Bonchev–Trinajstić information content (AvgIpc) is 1.68. The fraction of sp³-hybridized carbons (Fsp3) is 0.230. The maximum Gasteiger partial charge on any atom is 0.335 e.